The van der Waals surface area contributed by atoms with Gasteiger partial charge in [0.25, 0.3) is 5.91 Å². The summed E-state index contributed by atoms with van der Waals surface area (Å²) < 4.78 is 0.927. The first-order valence-corrected chi connectivity index (χ1v) is 7.55. The summed E-state index contributed by atoms with van der Waals surface area (Å²) in [5.41, 5.74) is 2.59. The summed E-state index contributed by atoms with van der Waals surface area (Å²) >= 11 is 9.71. The van der Waals surface area contributed by atoms with Crippen LogP contribution in [0, 0.1) is 6.92 Å². The van der Waals surface area contributed by atoms with Crippen LogP contribution in [0.15, 0.2) is 53.0 Å². The molecule has 0 saturated carbocycles. The standard InChI is InChI=1S/C16H15BrClNO/c1-11-13(8-5-9-14(11)17)16(20)19-10-15(18)12-6-3-2-4-7-12/h2-9,15H,10H2,1H3,(H,19,20). The highest BCUT2D eigenvalue weighted by Gasteiger charge is 2.13. The first-order valence-electron chi connectivity index (χ1n) is 6.32. The van der Waals surface area contributed by atoms with E-state index in [1.807, 2.05) is 49.4 Å². The lowest BCUT2D eigenvalue weighted by Crippen LogP contribution is -2.27. The summed E-state index contributed by atoms with van der Waals surface area (Å²) in [6.45, 7) is 2.31. The van der Waals surface area contributed by atoms with Crippen molar-refractivity contribution in [2.24, 2.45) is 0 Å². The lowest BCUT2D eigenvalue weighted by Gasteiger charge is -2.12. The molecule has 0 radical (unpaired) electrons. The minimum Gasteiger partial charge on any atom is -0.350 e. The van der Waals surface area contributed by atoms with Crippen LogP contribution in [0.1, 0.15) is 26.9 Å². The van der Waals surface area contributed by atoms with Gasteiger partial charge in [0.2, 0.25) is 0 Å². The molecule has 2 nitrogen and oxygen atoms in total. The molecule has 2 aromatic carbocycles. The van der Waals surface area contributed by atoms with Crippen molar-refractivity contribution in [1.82, 2.24) is 5.32 Å². The Morgan fingerprint density at radius 2 is 1.90 bits per heavy atom. The molecule has 0 aliphatic rings. The second-order valence-corrected chi connectivity index (χ2v) is 5.88. The summed E-state index contributed by atoms with van der Waals surface area (Å²) in [5, 5.41) is 2.64. The molecule has 4 heteroatoms. The van der Waals surface area contributed by atoms with E-state index in [1.54, 1.807) is 6.07 Å². The van der Waals surface area contributed by atoms with E-state index >= 15 is 0 Å². The van der Waals surface area contributed by atoms with Crippen LogP contribution in [0.5, 0.6) is 0 Å². The number of carbonyl (C=O) groups is 1. The Balaban J connectivity index is 2.01. The van der Waals surface area contributed by atoms with Crippen molar-refractivity contribution < 1.29 is 4.79 Å². The monoisotopic (exact) mass is 351 g/mol. The maximum atomic E-state index is 12.2. The number of halogens is 2. The number of hydrogen-bond donors (Lipinski definition) is 1. The highest BCUT2D eigenvalue weighted by atomic mass is 79.9. The Kier molecular flexibility index (Phi) is 5.21. The third-order valence-corrected chi connectivity index (χ3v) is 4.38. The van der Waals surface area contributed by atoms with Crippen LogP contribution in [0.3, 0.4) is 0 Å². The molecule has 0 fully saturated rings. The van der Waals surface area contributed by atoms with Crippen molar-refractivity contribution in [2.45, 2.75) is 12.3 Å². The van der Waals surface area contributed by atoms with Gasteiger partial charge in [-0.05, 0) is 30.2 Å². The van der Waals surface area contributed by atoms with Gasteiger partial charge in [0.15, 0.2) is 0 Å². The molecule has 0 bridgehead atoms. The highest BCUT2D eigenvalue weighted by molar-refractivity contribution is 9.10. The summed E-state index contributed by atoms with van der Waals surface area (Å²) in [7, 11) is 0. The van der Waals surface area contributed by atoms with Crippen LogP contribution >= 0.6 is 27.5 Å². The van der Waals surface area contributed by atoms with Crippen molar-refractivity contribution in [2.75, 3.05) is 6.54 Å². The normalized spacial score (nSPS) is 11.9. The number of rotatable bonds is 4. The van der Waals surface area contributed by atoms with Gasteiger partial charge >= 0.3 is 0 Å². The Morgan fingerprint density at radius 3 is 2.60 bits per heavy atom. The number of hydrogen-bond acceptors (Lipinski definition) is 1. The molecule has 0 spiro atoms. The van der Waals surface area contributed by atoms with Crippen molar-refractivity contribution in [3.05, 3.63) is 69.7 Å². The van der Waals surface area contributed by atoms with E-state index in [2.05, 4.69) is 21.2 Å². The Morgan fingerprint density at radius 1 is 1.20 bits per heavy atom. The van der Waals surface area contributed by atoms with Crippen LogP contribution < -0.4 is 5.32 Å². The Hall–Kier alpha value is -1.32. The maximum absolute atomic E-state index is 12.2. The van der Waals surface area contributed by atoms with Gasteiger partial charge < -0.3 is 5.32 Å². The van der Waals surface area contributed by atoms with Crippen molar-refractivity contribution >= 4 is 33.4 Å². The highest BCUT2D eigenvalue weighted by Crippen LogP contribution is 2.21. The Bertz CT molecular complexity index is 601. The SMILES string of the molecule is Cc1c(Br)cccc1C(=O)NCC(Cl)c1ccccc1. The zero-order valence-electron chi connectivity index (χ0n) is 11.1. The van der Waals surface area contributed by atoms with Crippen LogP contribution in [0.25, 0.3) is 0 Å². The van der Waals surface area contributed by atoms with E-state index in [0.29, 0.717) is 12.1 Å². The van der Waals surface area contributed by atoms with Crippen LogP contribution in [0.2, 0.25) is 0 Å². The van der Waals surface area contributed by atoms with E-state index in [4.69, 9.17) is 11.6 Å². The lowest BCUT2D eigenvalue weighted by molar-refractivity contribution is 0.0953. The van der Waals surface area contributed by atoms with Gasteiger partial charge in [0, 0.05) is 16.6 Å². The van der Waals surface area contributed by atoms with E-state index < -0.39 is 0 Å². The fraction of sp³-hybridized carbons (Fsp3) is 0.188. The predicted octanol–water partition coefficient (Wildman–Crippen LogP) is 4.47. The molecule has 1 atom stereocenters. The van der Waals surface area contributed by atoms with Gasteiger partial charge in [-0.2, -0.15) is 0 Å². The fourth-order valence-electron chi connectivity index (χ4n) is 1.91. The quantitative estimate of drug-likeness (QED) is 0.808. The van der Waals surface area contributed by atoms with Crippen molar-refractivity contribution in [3.63, 3.8) is 0 Å². The molecule has 104 valence electrons. The minimum atomic E-state index is -0.229. The lowest BCUT2D eigenvalue weighted by atomic mass is 10.1. The van der Waals surface area contributed by atoms with Gasteiger partial charge in [-0.1, -0.05) is 52.3 Å². The molecule has 2 rings (SSSR count). The smallest absolute Gasteiger partial charge is 0.251 e. The molecule has 2 aromatic rings. The predicted molar refractivity (Wildman–Crippen MR) is 86.2 cm³/mol. The van der Waals surface area contributed by atoms with E-state index in [-0.39, 0.29) is 11.3 Å². The molecular formula is C16H15BrClNO. The van der Waals surface area contributed by atoms with Gasteiger partial charge in [-0.25, -0.2) is 0 Å². The minimum absolute atomic E-state index is 0.106. The second kappa shape index (κ2) is 6.91. The fourth-order valence-corrected chi connectivity index (χ4v) is 2.50. The molecule has 1 N–H and O–H groups in total. The van der Waals surface area contributed by atoms with Crippen LogP contribution in [-0.2, 0) is 0 Å². The average molecular weight is 353 g/mol. The molecule has 20 heavy (non-hydrogen) atoms. The zero-order valence-corrected chi connectivity index (χ0v) is 13.4. The van der Waals surface area contributed by atoms with Gasteiger partial charge in [0.05, 0.1) is 5.38 Å². The van der Waals surface area contributed by atoms with Crippen LogP contribution in [-0.4, -0.2) is 12.5 Å². The summed E-state index contributed by atoms with van der Waals surface area (Å²) in [4.78, 5) is 12.2. The zero-order chi connectivity index (χ0) is 14.5. The number of benzene rings is 2. The molecule has 0 heterocycles. The average Bonchev–Trinajstić information content (AvgIpc) is 2.48. The van der Waals surface area contributed by atoms with Gasteiger partial charge in [0.1, 0.15) is 0 Å². The van der Waals surface area contributed by atoms with E-state index in [0.717, 1.165) is 15.6 Å². The number of carbonyl (C=O) groups excluding carboxylic acids is 1. The van der Waals surface area contributed by atoms with Gasteiger partial charge in [-0.15, -0.1) is 11.6 Å². The number of alkyl halides is 1. The van der Waals surface area contributed by atoms with Crippen LogP contribution in [0.4, 0.5) is 0 Å². The molecule has 0 aliphatic carbocycles. The molecule has 1 amide bonds. The topological polar surface area (TPSA) is 29.1 Å². The number of amides is 1. The third kappa shape index (κ3) is 3.62. The molecule has 1 unspecified atom stereocenters. The van der Waals surface area contributed by atoms with Crippen molar-refractivity contribution in [1.29, 1.82) is 0 Å². The first-order chi connectivity index (χ1) is 9.59. The second-order valence-electron chi connectivity index (χ2n) is 4.50. The van der Waals surface area contributed by atoms with E-state index in [9.17, 15) is 4.79 Å². The Labute approximate surface area is 132 Å². The largest absolute Gasteiger partial charge is 0.350 e. The molecule has 0 saturated heterocycles. The third-order valence-electron chi connectivity index (χ3n) is 3.12. The van der Waals surface area contributed by atoms with Crippen molar-refractivity contribution in [3.8, 4) is 0 Å². The van der Waals surface area contributed by atoms with E-state index in [1.165, 1.54) is 0 Å². The maximum Gasteiger partial charge on any atom is 0.251 e. The summed E-state index contributed by atoms with van der Waals surface area (Å²) in [6.07, 6.45) is 0. The summed E-state index contributed by atoms with van der Waals surface area (Å²) in [6, 6.07) is 15.3. The van der Waals surface area contributed by atoms with Gasteiger partial charge in [-0.3, -0.25) is 4.79 Å². The summed E-state index contributed by atoms with van der Waals surface area (Å²) in [5.74, 6) is -0.106. The number of nitrogens with one attached hydrogen (secondary N) is 1. The molecule has 0 aliphatic heterocycles. The molecule has 0 aromatic heterocycles. The molecular weight excluding hydrogens is 338 g/mol. The first kappa shape index (κ1) is 15.1.